The first kappa shape index (κ1) is 25.0. The summed E-state index contributed by atoms with van der Waals surface area (Å²) in [5, 5.41) is 1.01. The maximum Gasteiger partial charge on any atom is 0.310 e. The second-order valence-electron chi connectivity index (χ2n) is 7.95. The van der Waals surface area contributed by atoms with E-state index in [1.54, 1.807) is 31.1 Å². The normalized spacial score (nSPS) is 19.5. The zero-order valence-electron chi connectivity index (χ0n) is 17.7. The van der Waals surface area contributed by atoms with Crippen LogP contribution in [0.2, 0.25) is 0 Å². The average molecular weight is 512 g/mol. The molecule has 1 aromatic carbocycles. The molecule has 3 rings (SSSR count). The van der Waals surface area contributed by atoms with Gasteiger partial charge in [-0.05, 0) is 41.5 Å². The molecule has 182 valence electrons. The lowest BCUT2D eigenvalue weighted by atomic mass is 10.1. The third kappa shape index (κ3) is 6.44. The second-order valence-corrected chi connectivity index (χ2v) is 12.3. The van der Waals surface area contributed by atoms with E-state index in [0.29, 0.717) is 11.4 Å². The van der Waals surface area contributed by atoms with Gasteiger partial charge in [-0.15, -0.1) is 0 Å². The van der Waals surface area contributed by atoms with Crippen molar-refractivity contribution >= 4 is 31.8 Å². The Labute approximate surface area is 188 Å². The first-order chi connectivity index (χ1) is 14.9. The fourth-order valence-electron chi connectivity index (χ4n) is 3.28. The number of aromatic nitrogens is 1. The summed E-state index contributed by atoms with van der Waals surface area (Å²) >= 11 is 0. The van der Waals surface area contributed by atoms with E-state index in [0.717, 1.165) is 17.5 Å². The van der Waals surface area contributed by atoms with E-state index in [4.69, 9.17) is 0 Å². The Morgan fingerprint density at radius 1 is 1.06 bits per heavy atom. The Balaban J connectivity index is 1.86. The van der Waals surface area contributed by atoms with E-state index in [-0.39, 0.29) is 30.0 Å². The monoisotopic (exact) mass is 511 g/mol. The van der Waals surface area contributed by atoms with Crippen molar-refractivity contribution in [2.45, 2.75) is 23.9 Å². The SMILES string of the molecule is CN(C)c1cc(CN(C(=O)Cc2ccc(S(F)(F)(F)(F)F)cc2)C2C=CS(=O)(=O)C2)ccn1. The molecule has 1 aliphatic rings. The number of hydrogen-bond donors (Lipinski definition) is 0. The van der Waals surface area contributed by atoms with Gasteiger partial charge in [0.05, 0.1) is 18.2 Å². The molecular formula is C20H22F5N3O3S2. The summed E-state index contributed by atoms with van der Waals surface area (Å²) in [6.45, 7) is 0.0241. The van der Waals surface area contributed by atoms with Gasteiger partial charge in [0.25, 0.3) is 0 Å². The molecule has 2 heterocycles. The molecule has 0 saturated heterocycles. The van der Waals surface area contributed by atoms with Gasteiger partial charge in [-0.25, -0.2) is 13.4 Å². The minimum atomic E-state index is -9.81. The summed E-state index contributed by atoms with van der Waals surface area (Å²) in [7, 11) is -9.76. The molecule has 6 nitrogen and oxygen atoms in total. The van der Waals surface area contributed by atoms with E-state index in [1.807, 2.05) is 0 Å². The number of amides is 1. The van der Waals surface area contributed by atoms with Crippen LogP contribution < -0.4 is 4.90 Å². The summed E-state index contributed by atoms with van der Waals surface area (Å²) in [6.07, 6.45) is 2.52. The van der Waals surface area contributed by atoms with Crippen LogP contribution in [-0.2, 0) is 27.6 Å². The molecule has 0 bridgehead atoms. The number of anilines is 1. The molecule has 1 atom stereocenters. The molecule has 0 aliphatic carbocycles. The van der Waals surface area contributed by atoms with Crippen molar-refractivity contribution in [1.82, 2.24) is 9.88 Å². The fraction of sp³-hybridized carbons (Fsp3) is 0.300. The number of sulfone groups is 1. The van der Waals surface area contributed by atoms with Crippen LogP contribution in [0, 0.1) is 0 Å². The van der Waals surface area contributed by atoms with Gasteiger partial charge in [0.2, 0.25) is 5.91 Å². The Morgan fingerprint density at radius 2 is 1.70 bits per heavy atom. The standard InChI is InChI=1S/C20H22F5N3O3S2/c1-27(2)19-11-16(7-9-26-19)13-28(17-8-10-32(30,31)14-17)20(29)12-15-3-5-18(6-4-15)33(21,22,23,24)25/h3-11,17H,12-14H2,1-2H3. The van der Waals surface area contributed by atoms with Gasteiger partial charge in [-0.1, -0.05) is 31.6 Å². The molecule has 2 aromatic rings. The first-order valence-corrected chi connectivity index (χ1v) is 13.3. The Morgan fingerprint density at radius 3 is 2.21 bits per heavy atom. The minimum Gasteiger partial charge on any atom is -0.363 e. The summed E-state index contributed by atoms with van der Waals surface area (Å²) in [5.41, 5.74) is 0.750. The van der Waals surface area contributed by atoms with Gasteiger partial charge in [0.1, 0.15) is 10.7 Å². The quantitative estimate of drug-likeness (QED) is 0.505. The van der Waals surface area contributed by atoms with Crippen molar-refractivity contribution in [3.63, 3.8) is 0 Å². The van der Waals surface area contributed by atoms with Crippen molar-refractivity contribution in [3.8, 4) is 0 Å². The molecule has 1 aliphatic heterocycles. The fourth-order valence-corrected chi connectivity index (χ4v) is 5.23. The van der Waals surface area contributed by atoms with Crippen LogP contribution in [0.1, 0.15) is 11.1 Å². The van der Waals surface area contributed by atoms with Crippen LogP contribution in [0.3, 0.4) is 0 Å². The number of hydrogen-bond acceptors (Lipinski definition) is 5. The molecule has 0 saturated carbocycles. The highest BCUT2D eigenvalue weighted by atomic mass is 32.5. The second kappa shape index (κ2) is 7.69. The molecule has 13 heteroatoms. The van der Waals surface area contributed by atoms with Gasteiger partial charge in [0.15, 0.2) is 9.84 Å². The van der Waals surface area contributed by atoms with Crippen molar-refractivity contribution in [3.05, 3.63) is 65.2 Å². The van der Waals surface area contributed by atoms with Gasteiger partial charge in [-0.3, -0.25) is 4.79 Å². The van der Waals surface area contributed by atoms with Crippen LogP contribution in [0.4, 0.5) is 25.2 Å². The van der Waals surface area contributed by atoms with E-state index >= 15 is 0 Å². The number of pyridine rings is 1. The summed E-state index contributed by atoms with van der Waals surface area (Å²) in [5.74, 6) is -0.279. The zero-order valence-corrected chi connectivity index (χ0v) is 19.3. The third-order valence-corrected chi connectivity index (χ3v) is 7.52. The molecule has 33 heavy (non-hydrogen) atoms. The maximum absolute atomic E-state index is 13.0. The highest BCUT2D eigenvalue weighted by Gasteiger charge is 2.65. The summed E-state index contributed by atoms with van der Waals surface area (Å²) in [6, 6.07) is 4.74. The highest BCUT2D eigenvalue weighted by molar-refractivity contribution is 8.45. The van der Waals surface area contributed by atoms with Crippen LogP contribution >= 0.6 is 10.2 Å². The molecule has 0 radical (unpaired) electrons. The largest absolute Gasteiger partial charge is 0.363 e. The summed E-state index contributed by atoms with van der Waals surface area (Å²) < 4.78 is 88.4. The van der Waals surface area contributed by atoms with Crippen molar-refractivity contribution in [2.75, 3.05) is 24.7 Å². The van der Waals surface area contributed by atoms with Crippen molar-refractivity contribution in [2.24, 2.45) is 0 Å². The van der Waals surface area contributed by atoms with E-state index in [1.165, 1.54) is 17.2 Å². The molecule has 0 fully saturated rings. The highest BCUT2D eigenvalue weighted by Crippen LogP contribution is 3.02. The summed E-state index contributed by atoms with van der Waals surface area (Å²) in [4.78, 5) is 18.2. The van der Waals surface area contributed by atoms with Crippen LogP contribution in [-0.4, -0.2) is 50.1 Å². The number of carbonyl (C=O) groups excluding carboxylic acids is 1. The van der Waals surface area contributed by atoms with Crippen LogP contribution in [0.25, 0.3) is 0 Å². The lowest BCUT2D eigenvalue weighted by Crippen LogP contribution is -2.41. The number of benzene rings is 1. The predicted molar refractivity (Wildman–Crippen MR) is 117 cm³/mol. The molecule has 1 unspecified atom stereocenters. The van der Waals surface area contributed by atoms with Crippen LogP contribution in [0.15, 0.2) is 59.0 Å². The number of carbonyl (C=O) groups is 1. The topological polar surface area (TPSA) is 70.6 Å². The Bertz CT molecular complexity index is 1200. The number of rotatable bonds is 7. The maximum atomic E-state index is 13.0. The Kier molecular flexibility index (Phi) is 5.82. The number of halogens is 5. The average Bonchev–Trinajstić information content (AvgIpc) is 3.04. The lowest BCUT2D eigenvalue weighted by molar-refractivity contribution is -0.132. The van der Waals surface area contributed by atoms with E-state index in [2.05, 4.69) is 4.98 Å². The molecule has 0 spiro atoms. The van der Waals surface area contributed by atoms with Crippen molar-refractivity contribution in [1.29, 1.82) is 0 Å². The van der Waals surface area contributed by atoms with Gasteiger partial charge in [-0.2, -0.15) is 0 Å². The molecule has 1 aromatic heterocycles. The smallest absolute Gasteiger partial charge is 0.310 e. The number of nitrogens with zero attached hydrogens (tertiary/aromatic N) is 3. The minimum absolute atomic E-state index is 0.0241. The van der Waals surface area contributed by atoms with Gasteiger partial charge >= 0.3 is 10.2 Å². The predicted octanol–water partition coefficient (Wildman–Crippen LogP) is 4.69. The van der Waals surface area contributed by atoms with Gasteiger partial charge < -0.3 is 9.80 Å². The molecule has 0 N–H and O–H groups in total. The lowest BCUT2D eigenvalue weighted by Gasteiger charge is -2.40. The Hall–Kier alpha value is -2.67. The van der Waals surface area contributed by atoms with E-state index in [9.17, 15) is 32.6 Å². The van der Waals surface area contributed by atoms with Crippen molar-refractivity contribution < 1.29 is 32.6 Å². The first-order valence-electron chi connectivity index (χ1n) is 9.59. The molecular weight excluding hydrogens is 489 g/mol. The van der Waals surface area contributed by atoms with Gasteiger partial charge in [0, 0.05) is 32.2 Å². The third-order valence-electron chi connectivity index (χ3n) is 4.98. The molecule has 1 amide bonds. The van der Waals surface area contributed by atoms with Crippen LogP contribution in [0.5, 0.6) is 0 Å². The zero-order chi connectivity index (χ0) is 24.7. The van der Waals surface area contributed by atoms with E-state index < -0.39 is 43.3 Å².